The lowest BCUT2D eigenvalue weighted by atomic mass is 10.1. The van der Waals surface area contributed by atoms with Crippen molar-refractivity contribution < 1.29 is 18.0 Å². The van der Waals surface area contributed by atoms with Crippen molar-refractivity contribution in [2.45, 2.75) is 45.5 Å². The predicted octanol–water partition coefficient (Wildman–Crippen LogP) is 3.41. The van der Waals surface area contributed by atoms with Gasteiger partial charge in [-0.2, -0.15) is 18.3 Å². The van der Waals surface area contributed by atoms with Crippen molar-refractivity contribution in [1.82, 2.24) is 19.6 Å². The lowest BCUT2D eigenvalue weighted by Crippen LogP contribution is -2.36. The third-order valence-electron chi connectivity index (χ3n) is 5.37. The van der Waals surface area contributed by atoms with Gasteiger partial charge in [0, 0.05) is 45.3 Å². The average molecular weight is 436 g/mol. The van der Waals surface area contributed by atoms with Crippen LogP contribution in [-0.2, 0) is 19.3 Å². The fourth-order valence-electron chi connectivity index (χ4n) is 3.58. The fourth-order valence-corrected chi connectivity index (χ4v) is 3.58. The van der Waals surface area contributed by atoms with Crippen LogP contribution in [0.5, 0.6) is 0 Å². The van der Waals surface area contributed by atoms with E-state index in [4.69, 9.17) is 0 Å². The van der Waals surface area contributed by atoms with Gasteiger partial charge in [-0.3, -0.25) is 14.5 Å². The van der Waals surface area contributed by atoms with Gasteiger partial charge >= 0.3 is 6.18 Å². The monoisotopic (exact) mass is 436 g/mol. The molecule has 0 atom stereocenters. The second-order valence-corrected chi connectivity index (χ2v) is 7.75. The number of amides is 1. The van der Waals surface area contributed by atoms with Gasteiger partial charge in [-0.1, -0.05) is 25.5 Å². The Morgan fingerprint density at radius 2 is 1.77 bits per heavy atom. The van der Waals surface area contributed by atoms with Gasteiger partial charge < -0.3 is 4.90 Å². The van der Waals surface area contributed by atoms with E-state index in [0.29, 0.717) is 32.7 Å². The lowest BCUT2D eigenvalue weighted by Gasteiger charge is -2.22. The second-order valence-electron chi connectivity index (χ2n) is 7.75. The zero-order chi connectivity index (χ0) is 22.4. The van der Waals surface area contributed by atoms with Gasteiger partial charge in [0.1, 0.15) is 5.69 Å². The fraction of sp³-hybridized carbons (Fsp3) is 0.500. The quantitative estimate of drug-likeness (QED) is 0.697. The Hall–Kier alpha value is -2.68. The van der Waals surface area contributed by atoms with Crippen molar-refractivity contribution >= 4 is 5.91 Å². The van der Waals surface area contributed by atoms with Crippen LogP contribution in [0, 0.1) is 0 Å². The summed E-state index contributed by atoms with van der Waals surface area (Å²) < 4.78 is 39.5. The van der Waals surface area contributed by atoms with Gasteiger partial charge in [-0.15, -0.1) is 0 Å². The minimum atomic E-state index is -4.34. The van der Waals surface area contributed by atoms with Crippen LogP contribution in [0.4, 0.5) is 13.2 Å². The summed E-state index contributed by atoms with van der Waals surface area (Å²) in [4.78, 5) is 28.7. The Labute approximate surface area is 179 Å². The highest BCUT2D eigenvalue weighted by Gasteiger charge is 2.30. The Bertz CT molecular complexity index is 941. The molecule has 1 saturated heterocycles. The van der Waals surface area contributed by atoms with Gasteiger partial charge in [0.05, 0.1) is 5.56 Å². The molecule has 168 valence electrons. The molecule has 1 aliphatic heterocycles. The minimum absolute atomic E-state index is 0.207. The SMILES string of the molecule is CCCCn1nc(C(=O)N2CCCN(Cc3ccc(C(F)(F)F)cc3)CC2)ccc1=O. The van der Waals surface area contributed by atoms with Gasteiger partial charge in [0.2, 0.25) is 0 Å². The summed E-state index contributed by atoms with van der Waals surface area (Å²) >= 11 is 0. The van der Waals surface area contributed by atoms with E-state index in [9.17, 15) is 22.8 Å². The molecule has 1 amide bonds. The first-order chi connectivity index (χ1) is 14.8. The number of carbonyl (C=O) groups excluding carboxylic acids is 1. The van der Waals surface area contributed by atoms with E-state index in [0.717, 1.165) is 43.5 Å². The van der Waals surface area contributed by atoms with Crippen molar-refractivity contribution in [3.8, 4) is 0 Å². The maximum atomic E-state index is 12.9. The summed E-state index contributed by atoms with van der Waals surface area (Å²) in [6.45, 7) is 5.45. The van der Waals surface area contributed by atoms with E-state index in [1.54, 1.807) is 4.90 Å². The van der Waals surface area contributed by atoms with Gasteiger partial charge in [0.25, 0.3) is 11.5 Å². The molecule has 2 aromatic rings. The van der Waals surface area contributed by atoms with Crippen LogP contribution < -0.4 is 5.56 Å². The smallest absolute Gasteiger partial charge is 0.336 e. The van der Waals surface area contributed by atoms with Crippen LogP contribution >= 0.6 is 0 Å². The second kappa shape index (κ2) is 10.1. The molecule has 0 aliphatic carbocycles. The molecule has 0 unspecified atom stereocenters. The number of hydrogen-bond acceptors (Lipinski definition) is 4. The Morgan fingerprint density at radius 1 is 1.03 bits per heavy atom. The zero-order valence-electron chi connectivity index (χ0n) is 17.6. The molecule has 1 aromatic heterocycles. The van der Waals surface area contributed by atoms with Crippen LogP contribution in [0.25, 0.3) is 0 Å². The van der Waals surface area contributed by atoms with Crippen molar-refractivity contribution in [3.63, 3.8) is 0 Å². The summed E-state index contributed by atoms with van der Waals surface area (Å²) in [6.07, 6.45) is -1.85. The summed E-state index contributed by atoms with van der Waals surface area (Å²) in [5.41, 5.74) is 0.185. The largest absolute Gasteiger partial charge is 0.416 e. The number of hydrogen-bond donors (Lipinski definition) is 0. The van der Waals surface area contributed by atoms with Crippen LogP contribution in [-0.4, -0.2) is 51.7 Å². The number of unbranched alkanes of at least 4 members (excludes halogenated alkanes) is 1. The Kier molecular flexibility index (Phi) is 7.48. The molecule has 31 heavy (non-hydrogen) atoms. The number of alkyl halides is 3. The zero-order valence-corrected chi connectivity index (χ0v) is 17.6. The number of aryl methyl sites for hydroxylation is 1. The van der Waals surface area contributed by atoms with Gasteiger partial charge in [-0.25, -0.2) is 4.68 Å². The van der Waals surface area contributed by atoms with Crippen LogP contribution in [0.1, 0.15) is 47.8 Å². The molecule has 0 spiro atoms. The number of carbonyl (C=O) groups is 1. The van der Waals surface area contributed by atoms with Crippen molar-refractivity contribution in [2.75, 3.05) is 26.2 Å². The average Bonchev–Trinajstić information content (AvgIpc) is 2.98. The maximum absolute atomic E-state index is 12.9. The number of rotatable bonds is 6. The number of benzene rings is 1. The third kappa shape index (κ3) is 6.16. The first-order valence-corrected chi connectivity index (χ1v) is 10.5. The van der Waals surface area contributed by atoms with Crippen molar-refractivity contribution in [1.29, 1.82) is 0 Å². The minimum Gasteiger partial charge on any atom is -0.336 e. The van der Waals surface area contributed by atoms with Gasteiger partial charge in [0.15, 0.2) is 0 Å². The molecule has 9 heteroatoms. The summed E-state index contributed by atoms with van der Waals surface area (Å²) in [5.74, 6) is -0.207. The van der Waals surface area contributed by atoms with E-state index in [1.807, 2.05) is 6.92 Å². The van der Waals surface area contributed by atoms with E-state index in [2.05, 4.69) is 10.00 Å². The highest BCUT2D eigenvalue weighted by Crippen LogP contribution is 2.29. The molecule has 0 N–H and O–H groups in total. The normalized spacial score (nSPS) is 15.7. The first kappa shape index (κ1) is 23.0. The number of aromatic nitrogens is 2. The van der Waals surface area contributed by atoms with Crippen molar-refractivity contribution in [2.24, 2.45) is 0 Å². The molecule has 1 fully saturated rings. The van der Waals surface area contributed by atoms with Crippen LogP contribution in [0.2, 0.25) is 0 Å². The van der Waals surface area contributed by atoms with Gasteiger partial charge in [-0.05, 0) is 36.6 Å². The Morgan fingerprint density at radius 3 is 2.45 bits per heavy atom. The molecule has 3 rings (SSSR count). The van der Waals surface area contributed by atoms with E-state index in [1.165, 1.54) is 28.9 Å². The van der Waals surface area contributed by atoms with E-state index < -0.39 is 11.7 Å². The molecular formula is C22H27F3N4O2. The lowest BCUT2D eigenvalue weighted by molar-refractivity contribution is -0.137. The Balaban J connectivity index is 1.60. The molecule has 2 heterocycles. The molecule has 0 bridgehead atoms. The number of nitrogens with zero attached hydrogens (tertiary/aromatic N) is 4. The highest BCUT2D eigenvalue weighted by atomic mass is 19.4. The first-order valence-electron chi connectivity index (χ1n) is 10.5. The van der Waals surface area contributed by atoms with Crippen molar-refractivity contribution in [3.05, 3.63) is 63.6 Å². The molecule has 0 radical (unpaired) electrons. The summed E-state index contributed by atoms with van der Waals surface area (Å²) in [7, 11) is 0. The standard InChI is InChI=1S/C22H27F3N4O2/c1-2-3-13-29-20(30)10-9-19(26-29)21(31)28-12-4-11-27(14-15-28)16-17-5-7-18(8-6-17)22(23,24)25/h5-10H,2-4,11-16H2,1H3. The molecular weight excluding hydrogens is 409 g/mol. The van der Waals surface area contributed by atoms with E-state index >= 15 is 0 Å². The number of halogens is 3. The predicted molar refractivity (Wildman–Crippen MR) is 111 cm³/mol. The topological polar surface area (TPSA) is 58.4 Å². The third-order valence-corrected chi connectivity index (χ3v) is 5.37. The molecule has 1 aromatic carbocycles. The van der Waals surface area contributed by atoms with Crippen LogP contribution in [0.15, 0.2) is 41.2 Å². The summed E-state index contributed by atoms with van der Waals surface area (Å²) in [6, 6.07) is 8.05. The maximum Gasteiger partial charge on any atom is 0.416 e. The van der Waals surface area contributed by atoms with Crippen LogP contribution in [0.3, 0.4) is 0 Å². The molecule has 1 aliphatic rings. The molecule has 6 nitrogen and oxygen atoms in total. The summed E-state index contributed by atoms with van der Waals surface area (Å²) in [5, 5.41) is 4.24. The highest BCUT2D eigenvalue weighted by molar-refractivity contribution is 5.92. The molecule has 0 saturated carbocycles. The van der Waals surface area contributed by atoms with E-state index in [-0.39, 0.29) is 17.2 Å².